The van der Waals surface area contributed by atoms with Crippen LogP contribution in [0.4, 0.5) is 10.5 Å². The Morgan fingerprint density at radius 3 is 2.51 bits per heavy atom. The van der Waals surface area contributed by atoms with Crippen molar-refractivity contribution in [3.63, 3.8) is 0 Å². The molecule has 2 aliphatic heterocycles. The number of methoxy groups -OCH3 is 1. The number of piperidine rings is 2. The summed E-state index contributed by atoms with van der Waals surface area (Å²) in [6.07, 6.45) is 6.81. The van der Waals surface area contributed by atoms with Crippen LogP contribution in [-0.4, -0.2) is 54.4 Å². The zero-order chi connectivity index (χ0) is 24.8. The molecule has 2 fully saturated rings. The predicted molar refractivity (Wildman–Crippen MR) is 149 cm³/mol. The number of rotatable bonds is 10. The lowest BCUT2D eigenvalue weighted by Gasteiger charge is -2.50. The van der Waals surface area contributed by atoms with E-state index in [1.54, 1.807) is 12.0 Å². The summed E-state index contributed by atoms with van der Waals surface area (Å²) in [6, 6.07) is 15.4. The maximum Gasteiger partial charge on any atom is 0.412 e. The Kier molecular flexibility index (Phi) is 9.30. The highest BCUT2D eigenvalue weighted by Gasteiger charge is 2.42. The van der Waals surface area contributed by atoms with Crippen molar-refractivity contribution < 1.29 is 14.6 Å². The van der Waals surface area contributed by atoms with Gasteiger partial charge in [0.1, 0.15) is 5.75 Å². The molecular formula is C28H38IN3O3. The van der Waals surface area contributed by atoms with Crippen molar-refractivity contribution in [1.29, 1.82) is 0 Å². The van der Waals surface area contributed by atoms with Crippen LogP contribution in [0.1, 0.15) is 56.1 Å². The molecule has 2 aromatic rings. The molecule has 6 nitrogen and oxygen atoms in total. The van der Waals surface area contributed by atoms with Gasteiger partial charge < -0.3 is 15.2 Å². The summed E-state index contributed by atoms with van der Waals surface area (Å²) < 4.78 is 6.80. The number of nitrogens with zero attached hydrogens (tertiary/aromatic N) is 2. The smallest absolute Gasteiger partial charge is 0.412 e. The molecule has 2 unspecified atom stereocenters. The van der Waals surface area contributed by atoms with Crippen LogP contribution in [0.15, 0.2) is 42.5 Å². The van der Waals surface area contributed by atoms with E-state index in [1.165, 1.54) is 22.0 Å². The number of benzene rings is 2. The fourth-order valence-electron chi connectivity index (χ4n) is 5.85. The third kappa shape index (κ3) is 6.68. The van der Waals surface area contributed by atoms with Crippen LogP contribution in [0.25, 0.3) is 0 Å². The van der Waals surface area contributed by atoms with E-state index in [0.717, 1.165) is 57.3 Å². The number of unbranched alkanes of at least 4 members (excludes halogenated alkanes) is 1. The number of carbonyl (C=O) groups is 1. The maximum absolute atomic E-state index is 12.4. The molecule has 2 saturated heterocycles. The number of aryl methyl sites for hydroxylation is 1. The molecule has 2 atom stereocenters. The quantitative estimate of drug-likeness (QED) is 0.260. The molecule has 35 heavy (non-hydrogen) atoms. The van der Waals surface area contributed by atoms with E-state index in [4.69, 9.17) is 4.74 Å². The van der Waals surface area contributed by atoms with Gasteiger partial charge in [-0.15, -0.1) is 0 Å². The van der Waals surface area contributed by atoms with Crippen LogP contribution in [0, 0.1) is 10.5 Å². The van der Waals surface area contributed by atoms with Gasteiger partial charge in [-0.25, -0.2) is 4.79 Å². The number of fused-ring (bicyclic) bond motifs is 2. The second-order valence-electron chi connectivity index (χ2n) is 9.94. The van der Waals surface area contributed by atoms with Gasteiger partial charge in [0, 0.05) is 28.2 Å². The molecule has 0 radical (unpaired) electrons. The number of ether oxygens (including phenoxy) is 1. The molecule has 190 valence electrons. The van der Waals surface area contributed by atoms with E-state index in [1.807, 2.05) is 25.1 Å². The van der Waals surface area contributed by atoms with E-state index in [2.05, 4.69) is 57.1 Å². The van der Waals surface area contributed by atoms with Crippen molar-refractivity contribution in [2.75, 3.05) is 25.1 Å². The third-order valence-electron chi connectivity index (χ3n) is 7.53. The Balaban J connectivity index is 1.31. The van der Waals surface area contributed by atoms with Gasteiger partial charge in [-0.1, -0.05) is 24.6 Å². The molecule has 0 saturated carbocycles. The Morgan fingerprint density at radius 2 is 1.86 bits per heavy atom. The van der Waals surface area contributed by atoms with Gasteiger partial charge in [-0.3, -0.25) is 9.80 Å². The van der Waals surface area contributed by atoms with Crippen molar-refractivity contribution in [3.05, 3.63) is 57.2 Å². The normalized spacial score (nSPS) is 22.1. The lowest BCUT2D eigenvalue weighted by atomic mass is 9.81. The molecule has 2 N–H and O–H groups in total. The number of anilines is 1. The minimum absolute atomic E-state index is 0.00894. The Hall–Kier alpha value is -1.84. The fraction of sp³-hybridized carbons (Fsp3) is 0.536. The Morgan fingerprint density at radius 1 is 1.14 bits per heavy atom. The van der Waals surface area contributed by atoms with Gasteiger partial charge in [0.2, 0.25) is 0 Å². The van der Waals surface area contributed by atoms with Crippen molar-refractivity contribution >= 4 is 34.4 Å². The number of amides is 1. The van der Waals surface area contributed by atoms with Crippen LogP contribution in [0.3, 0.4) is 0 Å². The van der Waals surface area contributed by atoms with Crippen LogP contribution < -0.4 is 15.0 Å². The first kappa shape index (κ1) is 26.2. The topological polar surface area (TPSA) is 65.0 Å². The molecule has 2 heterocycles. The molecule has 7 heteroatoms. The summed E-state index contributed by atoms with van der Waals surface area (Å²) in [5.74, 6) is 0.628. The fourth-order valence-corrected chi connectivity index (χ4v) is 6.21. The molecule has 0 aliphatic carbocycles. The van der Waals surface area contributed by atoms with Gasteiger partial charge in [0.15, 0.2) is 0 Å². The summed E-state index contributed by atoms with van der Waals surface area (Å²) in [7, 11) is 1.61. The number of carboxylic acid groups (broad SMARTS) is 1. The van der Waals surface area contributed by atoms with E-state index in [9.17, 15) is 9.90 Å². The van der Waals surface area contributed by atoms with Gasteiger partial charge in [-0.05, 0) is 117 Å². The highest BCUT2D eigenvalue weighted by atomic mass is 127. The maximum atomic E-state index is 12.4. The van der Waals surface area contributed by atoms with Crippen molar-refractivity contribution in [3.8, 4) is 5.75 Å². The van der Waals surface area contributed by atoms with E-state index in [-0.39, 0.29) is 6.04 Å². The average Bonchev–Trinajstić information content (AvgIpc) is 2.82. The zero-order valence-corrected chi connectivity index (χ0v) is 23.0. The van der Waals surface area contributed by atoms with Crippen LogP contribution in [0.2, 0.25) is 0 Å². The van der Waals surface area contributed by atoms with Gasteiger partial charge in [0.05, 0.1) is 12.8 Å². The molecule has 1 amide bonds. The van der Waals surface area contributed by atoms with Crippen molar-refractivity contribution in [2.45, 2.75) is 76.5 Å². The van der Waals surface area contributed by atoms with Crippen LogP contribution in [0.5, 0.6) is 5.75 Å². The number of halogens is 1. The highest BCUT2D eigenvalue weighted by molar-refractivity contribution is 14.1. The summed E-state index contributed by atoms with van der Waals surface area (Å²) in [5, 5.41) is 13.8. The number of hydrogen-bond donors (Lipinski definition) is 2. The summed E-state index contributed by atoms with van der Waals surface area (Å²) in [4.78, 5) is 16.7. The van der Waals surface area contributed by atoms with Crippen molar-refractivity contribution in [2.24, 2.45) is 0 Å². The molecule has 2 aromatic carbocycles. The first-order valence-corrected chi connectivity index (χ1v) is 13.9. The zero-order valence-electron chi connectivity index (χ0n) is 20.9. The van der Waals surface area contributed by atoms with Gasteiger partial charge in [-0.2, -0.15) is 0 Å². The second kappa shape index (κ2) is 12.4. The molecule has 2 aliphatic rings. The van der Waals surface area contributed by atoms with Gasteiger partial charge in [0.25, 0.3) is 0 Å². The lowest BCUT2D eigenvalue weighted by molar-refractivity contribution is 0.0289. The number of nitrogens with one attached hydrogen (secondary N) is 1. The monoisotopic (exact) mass is 591 g/mol. The van der Waals surface area contributed by atoms with E-state index >= 15 is 0 Å². The van der Waals surface area contributed by atoms with Crippen LogP contribution in [-0.2, 0) is 6.54 Å². The summed E-state index contributed by atoms with van der Waals surface area (Å²) >= 11 is 2.34. The Labute approximate surface area is 223 Å². The van der Waals surface area contributed by atoms with Crippen LogP contribution >= 0.6 is 22.6 Å². The molecular weight excluding hydrogens is 553 g/mol. The van der Waals surface area contributed by atoms with Gasteiger partial charge >= 0.3 is 6.09 Å². The largest absolute Gasteiger partial charge is 0.495 e. The molecule has 2 bridgehead atoms. The Bertz CT molecular complexity index is 970. The van der Waals surface area contributed by atoms with E-state index in [0.29, 0.717) is 23.5 Å². The lowest BCUT2D eigenvalue weighted by Crippen LogP contribution is -2.58. The predicted octanol–water partition coefficient (Wildman–Crippen LogP) is 6.05. The van der Waals surface area contributed by atoms with E-state index < -0.39 is 6.09 Å². The standard InChI is InChI=1S/C28H38IN3O3/c1-20-8-13-27(35-2)26(16-20)32(28(33)34)25-17-23-6-5-7-24(18-25)31(23)15-4-3-14-30-19-21-9-11-22(29)12-10-21/h8-13,16,23-25,30H,3-7,14-15,17-19H2,1-2H3,(H,33,34). The molecule has 0 aromatic heterocycles. The average molecular weight is 592 g/mol. The minimum atomic E-state index is -0.885. The first-order chi connectivity index (χ1) is 17.0. The molecule has 0 spiro atoms. The van der Waals surface area contributed by atoms with Crippen molar-refractivity contribution in [1.82, 2.24) is 10.2 Å². The summed E-state index contributed by atoms with van der Waals surface area (Å²) in [6.45, 7) is 5.04. The third-order valence-corrected chi connectivity index (χ3v) is 8.25. The minimum Gasteiger partial charge on any atom is -0.495 e. The second-order valence-corrected chi connectivity index (χ2v) is 11.2. The first-order valence-electron chi connectivity index (χ1n) is 12.8. The number of hydrogen-bond acceptors (Lipinski definition) is 4. The molecule has 4 rings (SSSR count). The highest BCUT2D eigenvalue weighted by Crippen LogP contribution is 2.40. The SMILES string of the molecule is COc1ccc(C)cc1N(C(=O)O)C1CC2CCCC(C1)N2CCCCNCc1ccc(I)cc1. The summed E-state index contributed by atoms with van der Waals surface area (Å²) in [5.41, 5.74) is 3.05.